The van der Waals surface area contributed by atoms with E-state index in [2.05, 4.69) is 5.32 Å². The molecule has 0 atom stereocenters. The van der Waals surface area contributed by atoms with Gasteiger partial charge in [0.2, 0.25) is 0 Å². The van der Waals surface area contributed by atoms with E-state index in [-0.39, 0.29) is 18.0 Å². The molecule has 4 heteroatoms. The van der Waals surface area contributed by atoms with Crippen molar-refractivity contribution in [3.8, 4) is 5.69 Å². The van der Waals surface area contributed by atoms with Gasteiger partial charge in [0.25, 0.3) is 5.56 Å². The van der Waals surface area contributed by atoms with Gasteiger partial charge in [-0.3, -0.25) is 9.36 Å². The van der Waals surface area contributed by atoms with Gasteiger partial charge in [-0.2, -0.15) is 0 Å². The molecule has 3 rings (SSSR count). The molecule has 3 nitrogen and oxygen atoms in total. The highest BCUT2D eigenvalue weighted by atomic mass is 35.5. The Labute approximate surface area is 135 Å². The summed E-state index contributed by atoms with van der Waals surface area (Å²) in [5.41, 5.74) is 3.50. The first-order valence-corrected chi connectivity index (χ1v) is 6.85. The molecule has 0 radical (unpaired) electrons. The van der Waals surface area contributed by atoms with Crippen LogP contribution in [0.2, 0.25) is 0 Å². The molecular formula is C18H17ClN2O. The molecule has 1 aromatic heterocycles. The average Bonchev–Trinajstić information content (AvgIpc) is 2.49. The van der Waals surface area contributed by atoms with Gasteiger partial charge >= 0.3 is 0 Å². The normalized spacial score (nSPS) is 9.86. The van der Waals surface area contributed by atoms with Gasteiger partial charge in [0.05, 0.1) is 0 Å². The molecule has 0 fully saturated rings. The molecule has 1 N–H and O–H groups in total. The van der Waals surface area contributed by atoms with E-state index >= 15 is 0 Å². The lowest BCUT2D eigenvalue weighted by molar-refractivity contribution is 0.936. The molecule has 112 valence electrons. The lowest BCUT2D eigenvalue weighted by atomic mass is 10.2. The molecule has 0 saturated heterocycles. The number of anilines is 2. The van der Waals surface area contributed by atoms with Crippen molar-refractivity contribution < 1.29 is 0 Å². The van der Waals surface area contributed by atoms with Gasteiger partial charge in [-0.15, -0.1) is 12.4 Å². The predicted molar refractivity (Wildman–Crippen MR) is 93.7 cm³/mol. The van der Waals surface area contributed by atoms with E-state index in [0.29, 0.717) is 0 Å². The number of halogens is 1. The Balaban J connectivity index is 0.00000176. The number of hydrogen-bond donors (Lipinski definition) is 1. The zero-order chi connectivity index (χ0) is 14.7. The summed E-state index contributed by atoms with van der Waals surface area (Å²) in [6.07, 6.45) is 0. The number of aromatic nitrogens is 1. The molecular weight excluding hydrogens is 296 g/mol. The number of rotatable bonds is 3. The first-order chi connectivity index (χ1) is 10.2. The lowest BCUT2D eigenvalue weighted by Crippen LogP contribution is -2.20. The van der Waals surface area contributed by atoms with Crippen LogP contribution in [-0.4, -0.2) is 4.57 Å². The van der Waals surface area contributed by atoms with Crippen molar-refractivity contribution in [3.05, 3.63) is 88.8 Å². The highest BCUT2D eigenvalue weighted by Gasteiger charge is 2.05. The molecule has 0 bridgehead atoms. The van der Waals surface area contributed by atoms with E-state index < -0.39 is 0 Å². The van der Waals surface area contributed by atoms with Crippen molar-refractivity contribution in [2.45, 2.75) is 6.92 Å². The monoisotopic (exact) mass is 312 g/mol. The van der Waals surface area contributed by atoms with Crippen LogP contribution in [0.15, 0.2) is 77.6 Å². The minimum absolute atomic E-state index is 0. The second-order valence-corrected chi connectivity index (χ2v) is 4.89. The van der Waals surface area contributed by atoms with E-state index in [1.807, 2.05) is 73.7 Å². The first-order valence-electron chi connectivity index (χ1n) is 6.85. The third kappa shape index (κ3) is 3.38. The van der Waals surface area contributed by atoms with Crippen molar-refractivity contribution in [1.29, 1.82) is 0 Å². The van der Waals surface area contributed by atoms with Crippen molar-refractivity contribution >= 4 is 23.8 Å². The molecule has 0 spiro atoms. The molecule has 1 heterocycles. The van der Waals surface area contributed by atoms with Gasteiger partial charge in [-0.05, 0) is 37.3 Å². The quantitative estimate of drug-likeness (QED) is 0.782. The summed E-state index contributed by atoms with van der Waals surface area (Å²) in [7, 11) is 0. The fraction of sp³-hybridized carbons (Fsp3) is 0.0556. The molecule has 2 aromatic carbocycles. The average molecular weight is 313 g/mol. The van der Waals surface area contributed by atoms with Gasteiger partial charge in [0.15, 0.2) is 0 Å². The lowest BCUT2D eigenvalue weighted by Gasteiger charge is -2.12. The van der Waals surface area contributed by atoms with Crippen LogP contribution in [-0.2, 0) is 0 Å². The van der Waals surface area contributed by atoms with E-state index in [4.69, 9.17) is 0 Å². The SMILES string of the molecule is Cc1cc(Nc2ccccc2)cc(=O)n1-c1ccccc1.Cl. The highest BCUT2D eigenvalue weighted by Crippen LogP contribution is 2.17. The van der Waals surface area contributed by atoms with Crippen LogP contribution < -0.4 is 10.9 Å². The van der Waals surface area contributed by atoms with Crippen LogP contribution in [0.1, 0.15) is 5.69 Å². The Kier molecular flexibility index (Phi) is 5.02. The third-order valence-electron chi connectivity index (χ3n) is 3.29. The smallest absolute Gasteiger partial charge is 0.257 e. The van der Waals surface area contributed by atoms with E-state index in [0.717, 1.165) is 22.8 Å². The van der Waals surface area contributed by atoms with Crippen LogP contribution in [0.4, 0.5) is 11.4 Å². The molecule has 0 aliphatic rings. The van der Waals surface area contributed by atoms with Crippen LogP contribution in [0.5, 0.6) is 0 Å². The number of benzene rings is 2. The zero-order valence-electron chi connectivity index (χ0n) is 12.2. The second kappa shape index (κ2) is 6.96. The van der Waals surface area contributed by atoms with Gasteiger partial charge in [-0.25, -0.2) is 0 Å². The summed E-state index contributed by atoms with van der Waals surface area (Å²) in [5, 5.41) is 3.25. The molecule has 3 aromatic rings. The number of para-hydroxylation sites is 2. The van der Waals surface area contributed by atoms with E-state index in [9.17, 15) is 4.79 Å². The minimum atomic E-state index is -0.0420. The summed E-state index contributed by atoms with van der Waals surface area (Å²) >= 11 is 0. The van der Waals surface area contributed by atoms with Gasteiger partial charge < -0.3 is 5.32 Å². The largest absolute Gasteiger partial charge is 0.355 e. The molecule has 0 amide bonds. The molecule has 0 unspecified atom stereocenters. The molecule has 0 aliphatic carbocycles. The van der Waals surface area contributed by atoms with Crippen LogP contribution in [0.25, 0.3) is 5.69 Å². The number of nitrogens with zero attached hydrogens (tertiary/aromatic N) is 1. The summed E-state index contributed by atoms with van der Waals surface area (Å²) < 4.78 is 1.70. The standard InChI is InChI=1S/C18H16N2O.ClH/c1-14-12-16(19-15-8-4-2-5-9-15)13-18(21)20(14)17-10-6-3-7-11-17;/h2-13,19H,1H3;1H. The van der Waals surface area contributed by atoms with Crippen LogP contribution in [0, 0.1) is 6.92 Å². The third-order valence-corrected chi connectivity index (χ3v) is 3.29. The second-order valence-electron chi connectivity index (χ2n) is 4.89. The number of hydrogen-bond acceptors (Lipinski definition) is 2. The summed E-state index contributed by atoms with van der Waals surface area (Å²) in [6, 6.07) is 23.1. The fourth-order valence-electron chi connectivity index (χ4n) is 2.37. The summed E-state index contributed by atoms with van der Waals surface area (Å²) in [6.45, 7) is 1.94. The Bertz CT molecular complexity index is 798. The molecule has 22 heavy (non-hydrogen) atoms. The van der Waals surface area contributed by atoms with Crippen LogP contribution >= 0.6 is 12.4 Å². The highest BCUT2D eigenvalue weighted by molar-refractivity contribution is 5.85. The maximum absolute atomic E-state index is 12.4. The minimum Gasteiger partial charge on any atom is -0.355 e. The van der Waals surface area contributed by atoms with E-state index in [1.54, 1.807) is 10.6 Å². The Morgan fingerprint density at radius 1 is 0.818 bits per heavy atom. The van der Waals surface area contributed by atoms with Crippen molar-refractivity contribution in [1.82, 2.24) is 4.57 Å². The van der Waals surface area contributed by atoms with Gasteiger partial charge in [-0.1, -0.05) is 36.4 Å². The first kappa shape index (κ1) is 15.9. The number of pyridine rings is 1. The van der Waals surface area contributed by atoms with Crippen molar-refractivity contribution in [2.24, 2.45) is 0 Å². The Morgan fingerprint density at radius 2 is 1.41 bits per heavy atom. The number of aryl methyl sites for hydroxylation is 1. The van der Waals surface area contributed by atoms with Gasteiger partial charge in [0.1, 0.15) is 0 Å². The summed E-state index contributed by atoms with van der Waals surface area (Å²) in [5.74, 6) is 0. The predicted octanol–water partition coefficient (Wildman–Crippen LogP) is 4.31. The van der Waals surface area contributed by atoms with E-state index in [1.165, 1.54) is 0 Å². The molecule has 0 saturated carbocycles. The maximum atomic E-state index is 12.4. The zero-order valence-corrected chi connectivity index (χ0v) is 13.0. The fourth-order valence-corrected chi connectivity index (χ4v) is 2.37. The van der Waals surface area contributed by atoms with Crippen molar-refractivity contribution in [3.63, 3.8) is 0 Å². The van der Waals surface area contributed by atoms with Crippen LogP contribution in [0.3, 0.4) is 0 Å². The Hall–Kier alpha value is -2.52. The maximum Gasteiger partial charge on any atom is 0.257 e. The Morgan fingerprint density at radius 3 is 2.00 bits per heavy atom. The summed E-state index contributed by atoms with van der Waals surface area (Å²) in [4.78, 5) is 12.4. The van der Waals surface area contributed by atoms with Gasteiger partial charge in [0, 0.05) is 28.8 Å². The molecule has 0 aliphatic heterocycles. The number of nitrogens with one attached hydrogen (secondary N) is 1. The van der Waals surface area contributed by atoms with Crippen molar-refractivity contribution in [2.75, 3.05) is 5.32 Å². The topological polar surface area (TPSA) is 34.0 Å².